The molecule has 1 unspecified atom stereocenters. The van der Waals surface area contributed by atoms with E-state index in [9.17, 15) is 9.50 Å². The van der Waals surface area contributed by atoms with Crippen LogP contribution in [0.3, 0.4) is 0 Å². The highest BCUT2D eigenvalue weighted by Crippen LogP contribution is 2.20. The molecule has 1 atom stereocenters. The predicted octanol–water partition coefficient (Wildman–Crippen LogP) is 2.14. The van der Waals surface area contributed by atoms with E-state index < -0.39 is 6.10 Å². The molecule has 0 aliphatic carbocycles. The lowest BCUT2D eigenvalue weighted by Crippen LogP contribution is -2.02. The monoisotopic (exact) mass is 234 g/mol. The summed E-state index contributed by atoms with van der Waals surface area (Å²) < 4.78 is 14.7. The van der Waals surface area contributed by atoms with E-state index in [2.05, 4.69) is 5.10 Å². The second-order valence-electron chi connectivity index (χ2n) is 4.19. The van der Waals surface area contributed by atoms with Crippen LogP contribution in [-0.4, -0.2) is 14.9 Å². The van der Waals surface area contributed by atoms with E-state index in [-0.39, 0.29) is 5.82 Å². The van der Waals surface area contributed by atoms with E-state index in [4.69, 9.17) is 0 Å². The number of nitrogens with zero attached hydrogens (tertiary/aromatic N) is 2. The molecule has 90 valence electrons. The molecule has 17 heavy (non-hydrogen) atoms. The van der Waals surface area contributed by atoms with Gasteiger partial charge in [-0.1, -0.05) is 12.1 Å². The Morgan fingerprint density at radius 3 is 2.82 bits per heavy atom. The van der Waals surface area contributed by atoms with E-state index in [0.29, 0.717) is 6.42 Å². The molecule has 0 radical (unpaired) electrons. The number of aliphatic hydroxyl groups excluding tert-OH is 1. The first-order valence-corrected chi connectivity index (χ1v) is 5.49. The fourth-order valence-electron chi connectivity index (χ4n) is 1.94. The van der Waals surface area contributed by atoms with Crippen LogP contribution in [0.15, 0.2) is 30.5 Å². The molecule has 0 saturated heterocycles. The first-order chi connectivity index (χ1) is 8.06. The molecule has 1 N–H and O–H groups in total. The van der Waals surface area contributed by atoms with Gasteiger partial charge in [0.05, 0.1) is 11.8 Å². The molecular weight excluding hydrogens is 219 g/mol. The number of halogens is 1. The lowest BCUT2D eigenvalue weighted by atomic mass is 10.0. The van der Waals surface area contributed by atoms with Gasteiger partial charge in [0.25, 0.3) is 0 Å². The van der Waals surface area contributed by atoms with E-state index in [1.165, 1.54) is 12.1 Å². The molecular formula is C13H15FN2O. The zero-order valence-electron chi connectivity index (χ0n) is 9.89. The van der Waals surface area contributed by atoms with Gasteiger partial charge in [0.15, 0.2) is 0 Å². The Hall–Kier alpha value is -1.68. The van der Waals surface area contributed by atoms with Gasteiger partial charge in [0, 0.05) is 25.2 Å². The van der Waals surface area contributed by atoms with Crippen molar-refractivity contribution in [2.24, 2.45) is 7.05 Å². The number of aryl methyl sites for hydroxylation is 2. The highest BCUT2D eigenvalue weighted by molar-refractivity contribution is 5.23. The van der Waals surface area contributed by atoms with Crippen LogP contribution in [0.2, 0.25) is 0 Å². The van der Waals surface area contributed by atoms with Gasteiger partial charge in [-0.15, -0.1) is 0 Å². The SMILES string of the molecule is Cc1nn(C)cc1C(O)Cc1cccc(F)c1. The second kappa shape index (κ2) is 4.67. The summed E-state index contributed by atoms with van der Waals surface area (Å²) in [6.45, 7) is 1.85. The number of aliphatic hydroxyl groups is 1. The number of rotatable bonds is 3. The van der Waals surface area contributed by atoms with Gasteiger partial charge in [-0.25, -0.2) is 4.39 Å². The highest BCUT2D eigenvalue weighted by atomic mass is 19.1. The minimum Gasteiger partial charge on any atom is -0.388 e. The molecule has 1 aromatic heterocycles. The Morgan fingerprint density at radius 2 is 2.24 bits per heavy atom. The zero-order valence-corrected chi connectivity index (χ0v) is 9.89. The number of hydrogen-bond donors (Lipinski definition) is 1. The van der Waals surface area contributed by atoms with Crippen LogP contribution in [-0.2, 0) is 13.5 Å². The average molecular weight is 234 g/mol. The first kappa shape index (κ1) is 11.8. The lowest BCUT2D eigenvalue weighted by Gasteiger charge is -2.09. The third-order valence-electron chi connectivity index (χ3n) is 2.73. The van der Waals surface area contributed by atoms with E-state index >= 15 is 0 Å². The lowest BCUT2D eigenvalue weighted by molar-refractivity contribution is 0.177. The zero-order chi connectivity index (χ0) is 12.4. The quantitative estimate of drug-likeness (QED) is 0.883. The van der Waals surface area contributed by atoms with Gasteiger partial charge >= 0.3 is 0 Å². The smallest absolute Gasteiger partial charge is 0.123 e. The fraction of sp³-hybridized carbons (Fsp3) is 0.308. The van der Waals surface area contributed by atoms with Crippen molar-refractivity contribution in [3.05, 3.63) is 53.1 Å². The molecule has 0 spiro atoms. The molecule has 0 fully saturated rings. The normalized spacial score (nSPS) is 12.7. The molecule has 0 aliphatic heterocycles. The van der Waals surface area contributed by atoms with Gasteiger partial charge in [-0.05, 0) is 24.6 Å². The minimum atomic E-state index is -0.648. The fourth-order valence-corrected chi connectivity index (χ4v) is 1.94. The second-order valence-corrected chi connectivity index (χ2v) is 4.19. The maximum Gasteiger partial charge on any atom is 0.123 e. The maximum absolute atomic E-state index is 13.0. The Bertz CT molecular complexity index is 522. The van der Waals surface area contributed by atoms with Crippen LogP contribution in [0.25, 0.3) is 0 Å². The molecule has 0 aliphatic rings. The van der Waals surface area contributed by atoms with Crippen LogP contribution < -0.4 is 0 Å². The van der Waals surface area contributed by atoms with Crippen LogP contribution >= 0.6 is 0 Å². The van der Waals surface area contributed by atoms with Crippen molar-refractivity contribution in [1.29, 1.82) is 0 Å². The summed E-state index contributed by atoms with van der Waals surface area (Å²) in [6.07, 6.45) is 1.54. The number of hydrogen-bond acceptors (Lipinski definition) is 2. The number of benzene rings is 1. The van der Waals surface area contributed by atoms with E-state index in [1.807, 2.05) is 14.0 Å². The summed E-state index contributed by atoms with van der Waals surface area (Å²) in [5.41, 5.74) is 2.37. The molecule has 3 nitrogen and oxygen atoms in total. The molecule has 2 rings (SSSR count). The van der Waals surface area contributed by atoms with Crippen LogP contribution in [0.4, 0.5) is 4.39 Å². The predicted molar refractivity (Wildman–Crippen MR) is 63.0 cm³/mol. The Balaban J connectivity index is 2.16. The van der Waals surface area contributed by atoms with Crippen molar-refractivity contribution in [2.75, 3.05) is 0 Å². The third-order valence-corrected chi connectivity index (χ3v) is 2.73. The molecule has 1 heterocycles. The van der Waals surface area contributed by atoms with Gasteiger partial charge in [0.1, 0.15) is 5.82 Å². The van der Waals surface area contributed by atoms with Crippen molar-refractivity contribution in [3.8, 4) is 0 Å². The van der Waals surface area contributed by atoms with Gasteiger partial charge in [-0.3, -0.25) is 4.68 Å². The largest absolute Gasteiger partial charge is 0.388 e. The van der Waals surface area contributed by atoms with Crippen molar-refractivity contribution < 1.29 is 9.50 Å². The van der Waals surface area contributed by atoms with E-state index in [0.717, 1.165) is 16.8 Å². The van der Waals surface area contributed by atoms with E-state index in [1.54, 1.807) is 23.0 Å². The highest BCUT2D eigenvalue weighted by Gasteiger charge is 2.14. The summed E-state index contributed by atoms with van der Waals surface area (Å²) in [4.78, 5) is 0. The van der Waals surface area contributed by atoms with Gasteiger partial charge in [-0.2, -0.15) is 5.10 Å². The Morgan fingerprint density at radius 1 is 1.47 bits per heavy atom. The Labute approximate surface area is 99.5 Å². The summed E-state index contributed by atoms with van der Waals surface area (Å²) >= 11 is 0. The minimum absolute atomic E-state index is 0.280. The molecule has 4 heteroatoms. The van der Waals surface area contributed by atoms with Gasteiger partial charge in [0.2, 0.25) is 0 Å². The van der Waals surface area contributed by atoms with Crippen molar-refractivity contribution in [3.63, 3.8) is 0 Å². The molecule has 1 aromatic carbocycles. The summed E-state index contributed by atoms with van der Waals surface area (Å²) in [5, 5.41) is 14.3. The molecule has 2 aromatic rings. The topological polar surface area (TPSA) is 38.0 Å². The summed E-state index contributed by atoms with van der Waals surface area (Å²) in [6, 6.07) is 6.28. The standard InChI is InChI=1S/C13H15FN2O/c1-9-12(8-16(2)15-9)13(17)7-10-4-3-5-11(14)6-10/h3-6,8,13,17H,7H2,1-2H3. The van der Waals surface area contributed by atoms with Crippen molar-refractivity contribution in [2.45, 2.75) is 19.4 Å². The third kappa shape index (κ3) is 2.71. The van der Waals surface area contributed by atoms with Crippen molar-refractivity contribution in [1.82, 2.24) is 9.78 Å². The summed E-state index contributed by atoms with van der Waals surface area (Å²) in [5.74, 6) is -0.280. The van der Waals surface area contributed by atoms with Gasteiger partial charge < -0.3 is 5.11 Å². The average Bonchev–Trinajstić information content (AvgIpc) is 2.58. The molecule has 0 bridgehead atoms. The maximum atomic E-state index is 13.0. The Kier molecular flexibility index (Phi) is 3.24. The summed E-state index contributed by atoms with van der Waals surface area (Å²) in [7, 11) is 1.81. The van der Waals surface area contributed by atoms with Crippen LogP contribution in [0, 0.1) is 12.7 Å². The molecule has 0 saturated carbocycles. The van der Waals surface area contributed by atoms with Crippen LogP contribution in [0.1, 0.15) is 22.9 Å². The number of aromatic nitrogens is 2. The van der Waals surface area contributed by atoms with Crippen LogP contribution in [0.5, 0.6) is 0 Å². The van der Waals surface area contributed by atoms with Crippen molar-refractivity contribution >= 4 is 0 Å². The molecule has 0 amide bonds. The first-order valence-electron chi connectivity index (χ1n) is 5.49.